The zero-order valence-electron chi connectivity index (χ0n) is 7.84. The lowest BCUT2D eigenvalue weighted by molar-refractivity contribution is -0.104. The van der Waals surface area contributed by atoms with Gasteiger partial charge in [-0.25, -0.2) is 0 Å². The van der Waals surface area contributed by atoms with Crippen LogP contribution in [0.15, 0.2) is 23.3 Å². The highest BCUT2D eigenvalue weighted by atomic mass is 16.1. The van der Waals surface area contributed by atoms with Gasteiger partial charge in [-0.3, -0.25) is 4.79 Å². The second-order valence-electron chi connectivity index (χ2n) is 3.39. The van der Waals surface area contributed by atoms with E-state index in [-0.39, 0.29) is 0 Å². The fourth-order valence-electron chi connectivity index (χ4n) is 1.61. The molecule has 0 bridgehead atoms. The van der Waals surface area contributed by atoms with Crippen LogP contribution >= 0.6 is 0 Å². The number of carbonyl (C=O) groups is 1. The summed E-state index contributed by atoms with van der Waals surface area (Å²) in [5.74, 6) is 0.569. The Morgan fingerprint density at radius 1 is 1.67 bits per heavy atom. The molecule has 0 spiro atoms. The standard InChI is InChI=1S/C11H16O/c1-3-4-10-6-5-9(2)7-11(10)8-12/h4,7-9H,3,5-6H2,1-2H3/b10-4+. The van der Waals surface area contributed by atoms with Crippen molar-refractivity contribution >= 4 is 6.29 Å². The van der Waals surface area contributed by atoms with Crippen molar-refractivity contribution in [2.75, 3.05) is 0 Å². The molecule has 0 saturated heterocycles. The molecule has 1 atom stereocenters. The van der Waals surface area contributed by atoms with E-state index < -0.39 is 0 Å². The summed E-state index contributed by atoms with van der Waals surface area (Å²) in [6.45, 7) is 4.26. The Balaban J connectivity index is 2.84. The van der Waals surface area contributed by atoms with Crippen molar-refractivity contribution in [1.29, 1.82) is 0 Å². The van der Waals surface area contributed by atoms with Crippen LogP contribution in [0, 0.1) is 5.92 Å². The van der Waals surface area contributed by atoms with Crippen LogP contribution < -0.4 is 0 Å². The smallest absolute Gasteiger partial charge is 0.150 e. The Morgan fingerprint density at radius 2 is 2.42 bits per heavy atom. The van der Waals surface area contributed by atoms with Gasteiger partial charge < -0.3 is 0 Å². The third kappa shape index (κ3) is 2.07. The van der Waals surface area contributed by atoms with Gasteiger partial charge in [-0.05, 0) is 30.8 Å². The third-order valence-electron chi connectivity index (χ3n) is 2.28. The highest BCUT2D eigenvalue weighted by Crippen LogP contribution is 2.26. The Kier molecular flexibility index (Phi) is 3.27. The molecule has 0 aromatic carbocycles. The minimum absolute atomic E-state index is 0.569. The number of allylic oxidation sites excluding steroid dienone is 4. The molecule has 1 nitrogen and oxygen atoms in total. The van der Waals surface area contributed by atoms with Gasteiger partial charge >= 0.3 is 0 Å². The average Bonchev–Trinajstić information content (AvgIpc) is 2.08. The van der Waals surface area contributed by atoms with E-state index in [1.807, 2.05) is 0 Å². The van der Waals surface area contributed by atoms with Crippen LogP contribution in [-0.4, -0.2) is 6.29 Å². The first-order valence-electron chi connectivity index (χ1n) is 4.64. The average molecular weight is 164 g/mol. The number of aldehydes is 1. The number of hydrogen-bond donors (Lipinski definition) is 0. The Morgan fingerprint density at radius 3 is 3.00 bits per heavy atom. The van der Waals surface area contributed by atoms with Crippen LogP contribution in [0.1, 0.15) is 33.1 Å². The minimum atomic E-state index is 0.569. The van der Waals surface area contributed by atoms with E-state index >= 15 is 0 Å². The van der Waals surface area contributed by atoms with E-state index in [4.69, 9.17) is 0 Å². The molecule has 0 N–H and O–H groups in total. The van der Waals surface area contributed by atoms with Crippen LogP contribution in [0.4, 0.5) is 0 Å². The van der Waals surface area contributed by atoms with E-state index in [1.165, 1.54) is 12.0 Å². The van der Waals surface area contributed by atoms with Crippen LogP contribution in [0.2, 0.25) is 0 Å². The first-order chi connectivity index (χ1) is 5.77. The van der Waals surface area contributed by atoms with Crippen LogP contribution in [-0.2, 0) is 4.79 Å². The summed E-state index contributed by atoms with van der Waals surface area (Å²) in [6.07, 6.45) is 8.50. The van der Waals surface area contributed by atoms with Gasteiger partial charge in [0.2, 0.25) is 0 Å². The van der Waals surface area contributed by atoms with Crippen molar-refractivity contribution in [3.63, 3.8) is 0 Å². The Bertz CT molecular complexity index is 223. The SMILES string of the molecule is CC/C=C1\CCC(C)C=C1C=O. The molecule has 1 rings (SSSR count). The molecule has 66 valence electrons. The van der Waals surface area contributed by atoms with E-state index in [9.17, 15) is 4.79 Å². The maximum atomic E-state index is 10.7. The summed E-state index contributed by atoms with van der Waals surface area (Å²) >= 11 is 0. The van der Waals surface area contributed by atoms with Crippen LogP contribution in [0.5, 0.6) is 0 Å². The number of hydrogen-bond acceptors (Lipinski definition) is 1. The molecule has 1 aliphatic rings. The lowest BCUT2D eigenvalue weighted by atomic mass is 9.88. The molecule has 0 amide bonds. The van der Waals surface area contributed by atoms with Gasteiger partial charge in [0.25, 0.3) is 0 Å². The second kappa shape index (κ2) is 4.24. The van der Waals surface area contributed by atoms with E-state index in [0.717, 1.165) is 24.7 Å². The molecular weight excluding hydrogens is 148 g/mol. The highest BCUT2D eigenvalue weighted by Gasteiger charge is 2.12. The molecule has 1 unspecified atom stereocenters. The monoisotopic (exact) mass is 164 g/mol. The number of rotatable bonds is 2. The highest BCUT2D eigenvalue weighted by molar-refractivity contribution is 5.80. The van der Waals surface area contributed by atoms with Gasteiger partial charge in [0.15, 0.2) is 0 Å². The molecular formula is C11H16O. The van der Waals surface area contributed by atoms with Gasteiger partial charge in [-0.2, -0.15) is 0 Å². The van der Waals surface area contributed by atoms with Gasteiger partial charge in [0.1, 0.15) is 6.29 Å². The molecule has 0 aromatic heterocycles. The Hall–Kier alpha value is -0.850. The largest absolute Gasteiger partial charge is 0.298 e. The summed E-state index contributed by atoms with van der Waals surface area (Å²) in [5, 5.41) is 0. The van der Waals surface area contributed by atoms with E-state index in [2.05, 4.69) is 26.0 Å². The van der Waals surface area contributed by atoms with Gasteiger partial charge in [0.05, 0.1) is 0 Å². The normalized spacial score (nSPS) is 27.0. The maximum Gasteiger partial charge on any atom is 0.150 e. The first kappa shape index (κ1) is 9.24. The van der Waals surface area contributed by atoms with Crippen molar-refractivity contribution in [1.82, 2.24) is 0 Å². The molecule has 1 heteroatoms. The quantitative estimate of drug-likeness (QED) is 0.573. The van der Waals surface area contributed by atoms with Crippen molar-refractivity contribution in [3.05, 3.63) is 23.3 Å². The van der Waals surface area contributed by atoms with Crippen LogP contribution in [0.25, 0.3) is 0 Å². The van der Waals surface area contributed by atoms with Gasteiger partial charge in [-0.1, -0.05) is 26.0 Å². The van der Waals surface area contributed by atoms with Crippen molar-refractivity contribution in [2.24, 2.45) is 5.92 Å². The third-order valence-corrected chi connectivity index (χ3v) is 2.28. The summed E-state index contributed by atoms with van der Waals surface area (Å²) < 4.78 is 0. The van der Waals surface area contributed by atoms with E-state index in [0.29, 0.717) is 5.92 Å². The van der Waals surface area contributed by atoms with Gasteiger partial charge in [0, 0.05) is 5.57 Å². The predicted molar refractivity (Wildman–Crippen MR) is 50.9 cm³/mol. The zero-order chi connectivity index (χ0) is 8.97. The summed E-state index contributed by atoms with van der Waals surface area (Å²) in [4.78, 5) is 10.7. The zero-order valence-corrected chi connectivity index (χ0v) is 7.84. The van der Waals surface area contributed by atoms with Crippen molar-refractivity contribution in [3.8, 4) is 0 Å². The molecule has 0 aliphatic heterocycles. The fourth-order valence-corrected chi connectivity index (χ4v) is 1.61. The molecule has 0 saturated carbocycles. The topological polar surface area (TPSA) is 17.1 Å². The Labute approximate surface area is 74.2 Å². The van der Waals surface area contributed by atoms with Gasteiger partial charge in [-0.15, -0.1) is 0 Å². The van der Waals surface area contributed by atoms with Crippen LogP contribution in [0.3, 0.4) is 0 Å². The maximum absolute atomic E-state index is 10.7. The predicted octanol–water partition coefficient (Wildman–Crippen LogP) is 2.88. The molecule has 0 heterocycles. The lowest BCUT2D eigenvalue weighted by Crippen LogP contribution is -2.04. The van der Waals surface area contributed by atoms with Crippen molar-refractivity contribution < 1.29 is 4.79 Å². The lowest BCUT2D eigenvalue weighted by Gasteiger charge is -2.17. The second-order valence-corrected chi connectivity index (χ2v) is 3.39. The molecule has 1 aliphatic carbocycles. The molecule has 12 heavy (non-hydrogen) atoms. The number of carbonyl (C=O) groups excluding carboxylic acids is 1. The van der Waals surface area contributed by atoms with E-state index in [1.54, 1.807) is 0 Å². The molecule has 0 aromatic rings. The molecule has 0 fully saturated rings. The minimum Gasteiger partial charge on any atom is -0.298 e. The first-order valence-corrected chi connectivity index (χ1v) is 4.64. The summed E-state index contributed by atoms with van der Waals surface area (Å²) in [7, 11) is 0. The fraction of sp³-hybridized carbons (Fsp3) is 0.545. The van der Waals surface area contributed by atoms with Crippen molar-refractivity contribution in [2.45, 2.75) is 33.1 Å². The summed E-state index contributed by atoms with van der Waals surface area (Å²) in [5.41, 5.74) is 2.15. The summed E-state index contributed by atoms with van der Waals surface area (Å²) in [6, 6.07) is 0. The molecule has 0 radical (unpaired) electrons.